The van der Waals surface area contributed by atoms with Gasteiger partial charge in [-0.1, -0.05) is 54.1 Å². The molecule has 0 fully saturated rings. The Morgan fingerprint density at radius 3 is 2.10 bits per heavy atom. The quantitative estimate of drug-likeness (QED) is 0.289. The average molecular weight is 417 g/mol. The molecular formula is C24H17ClN2O3. The Balaban J connectivity index is 1.61. The van der Waals surface area contributed by atoms with Gasteiger partial charge in [-0.15, -0.1) is 0 Å². The molecule has 0 amide bonds. The Labute approximate surface area is 178 Å². The number of nitrogens with zero attached hydrogens (tertiary/aromatic N) is 2. The van der Waals surface area contributed by atoms with Crippen LogP contribution in [0.25, 0.3) is 11.3 Å². The van der Waals surface area contributed by atoms with Crippen molar-refractivity contribution in [2.75, 3.05) is 5.01 Å². The van der Waals surface area contributed by atoms with Gasteiger partial charge in [-0.2, -0.15) is 5.10 Å². The lowest BCUT2D eigenvalue weighted by Gasteiger charge is -2.18. The average Bonchev–Trinajstić information content (AvgIpc) is 3.24. The van der Waals surface area contributed by atoms with Crippen molar-refractivity contribution in [3.8, 4) is 11.3 Å². The predicted molar refractivity (Wildman–Crippen MR) is 119 cm³/mol. The van der Waals surface area contributed by atoms with Crippen LogP contribution in [0.2, 0.25) is 5.02 Å². The molecular weight excluding hydrogens is 400 g/mol. The van der Waals surface area contributed by atoms with Gasteiger partial charge >= 0.3 is 5.97 Å². The monoisotopic (exact) mass is 416 g/mol. The van der Waals surface area contributed by atoms with Crippen molar-refractivity contribution in [2.24, 2.45) is 5.10 Å². The maximum atomic E-state index is 11.1. The van der Waals surface area contributed by atoms with E-state index in [1.807, 2.05) is 65.7 Å². The molecule has 30 heavy (non-hydrogen) atoms. The maximum absolute atomic E-state index is 11.1. The summed E-state index contributed by atoms with van der Waals surface area (Å²) in [6.45, 7) is 0. The van der Waals surface area contributed by atoms with Gasteiger partial charge in [0, 0.05) is 5.56 Å². The summed E-state index contributed by atoms with van der Waals surface area (Å²) < 4.78 is 5.87. The molecule has 0 atom stereocenters. The van der Waals surface area contributed by atoms with E-state index >= 15 is 0 Å². The Morgan fingerprint density at radius 2 is 1.53 bits per heavy atom. The first-order valence-electron chi connectivity index (χ1n) is 9.19. The van der Waals surface area contributed by atoms with E-state index in [1.54, 1.807) is 30.5 Å². The minimum atomic E-state index is -1.07. The topological polar surface area (TPSA) is 66.0 Å². The number of benzene rings is 3. The van der Waals surface area contributed by atoms with Crippen LogP contribution in [0.15, 0.2) is 101 Å². The lowest BCUT2D eigenvalue weighted by atomic mass is 10.1. The number of hydrazone groups is 1. The van der Waals surface area contributed by atoms with E-state index in [-0.39, 0.29) is 10.6 Å². The largest absolute Gasteiger partial charge is 0.478 e. The number of hydrogen-bond donors (Lipinski definition) is 1. The van der Waals surface area contributed by atoms with E-state index in [0.717, 1.165) is 11.4 Å². The number of furan rings is 1. The van der Waals surface area contributed by atoms with Crippen molar-refractivity contribution in [2.45, 2.75) is 0 Å². The second kappa shape index (κ2) is 8.68. The minimum absolute atomic E-state index is 0.0510. The first-order chi connectivity index (χ1) is 14.6. The molecule has 1 aromatic heterocycles. The number of para-hydroxylation sites is 2. The number of carboxylic acids is 1. The van der Waals surface area contributed by atoms with Crippen LogP contribution in [0.4, 0.5) is 11.4 Å². The van der Waals surface area contributed by atoms with Gasteiger partial charge in [-0.25, -0.2) is 9.80 Å². The fourth-order valence-electron chi connectivity index (χ4n) is 2.95. The van der Waals surface area contributed by atoms with Crippen LogP contribution in [-0.4, -0.2) is 17.3 Å². The zero-order chi connectivity index (χ0) is 20.9. The molecule has 0 bridgehead atoms. The van der Waals surface area contributed by atoms with Gasteiger partial charge in [-0.3, -0.25) is 0 Å². The molecule has 5 nitrogen and oxygen atoms in total. The Kier molecular flexibility index (Phi) is 5.63. The van der Waals surface area contributed by atoms with Crippen molar-refractivity contribution in [3.05, 3.63) is 107 Å². The summed E-state index contributed by atoms with van der Waals surface area (Å²) in [5, 5.41) is 15.7. The molecule has 148 valence electrons. The SMILES string of the molecule is O=C(O)c1ccc(-c2ccc(/C=N\N(c3ccccc3)c3ccccc3)o2)cc1Cl. The number of carbonyl (C=O) groups is 1. The molecule has 0 unspecified atom stereocenters. The number of hydrogen-bond acceptors (Lipinski definition) is 4. The van der Waals surface area contributed by atoms with Crippen LogP contribution in [0, 0.1) is 0 Å². The summed E-state index contributed by atoms with van der Waals surface area (Å²) in [4.78, 5) is 11.1. The summed E-state index contributed by atoms with van der Waals surface area (Å²) in [6, 6.07) is 27.9. The number of anilines is 2. The maximum Gasteiger partial charge on any atom is 0.337 e. The van der Waals surface area contributed by atoms with Gasteiger partial charge in [0.05, 0.1) is 28.2 Å². The van der Waals surface area contributed by atoms with Gasteiger partial charge in [0.25, 0.3) is 0 Å². The third-order valence-corrected chi connectivity index (χ3v) is 4.73. The van der Waals surface area contributed by atoms with Crippen LogP contribution in [0.1, 0.15) is 16.1 Å². The summed E-state index contributed by atoms with van der Waals surface area (Å²) in [5.74, 6) is 0.0577. The minimum Gasteiger partial charge on any atom is -0.478 e. The summed E-state index contributed by atoms with van der Waals surface area (Å²) in [6.07, 6.45) is 1.64. The van der Waals surface area contributed by atoms with Crippen molar-refractivity contribution < 1.29 is 14.3 Å². The molecule has 6 heteroatoms. The van der Waals surface area contributed by atoms with E-state index in [1.165, 1.54) is 6.07 Å². The van der Waals surface area contributed by atoms with Crippen LogP contribution < -0.4 is 5.01 Å². The highest BCUT2D eigenvalue weighted by Gasteiger charge is 2.12. The Morgan fingerprint density at radius 1 is 0.900 bits per heavy atom. The Bertz CT molecular complexity index is 1150. The molecule has 0 saturated heterocycles. The van der Waals surface area contributed by atoms with Gasteiger partial charge in [-0.05, 0) is 48.5 Å². The highest BCUT2D eigenvalue weighted by molar-refractivity contribution is 6.33. The lowest BCUT2D eigenvalue weighted by molar-refractivity contribution is 0.0697. The smallest absolute Gasteiger partial charge is 0.337 e. The van der Waals surface area contributed by atoms with Crippen molar-refractivity contribution in [1.82, 2.24) is 0 Å². The van der Waals surface area contributed by atoms with Gasteiger partial charge < -0.3 is 9.52 Å². The van der Waals surface area contributed by atoms with E-state index in [9.17, 15) is 4.79 Å². The predicted octanol–water partition coefficient (Wildman–Crippen LogP) is 6.47. The number of halogens is 1. The molecule has 0 aliphatic carbocycles. The second-order valence-electron chi connectivity index (χ2n) is 6.43. The van der Waals surface area contributed by atoms with Crippen LogP contribution >= 0.6 is 11.6 Å². The summed E-state index contributed by atoms with van der Waals surface area (Å²) in [5.41, 5.74) is 2.58. The zero-order valence-corrected chi connectivity index (χ0v) is 16.5. The van der Waals surface area contributed by atoms with Crippen molar-refractivity contribution in [1.29, 1.82) is 0 Å². The third-order valence-electron chi connectivity index (χ3n) is 4.41. The molecule has 0 saturated carbocycles. The van der Waals surface area contributed by atoms with Crippen LogP contribution in [0.5, 0.6) is 0 Å². The summed E-state index contributed by atoms with van der Waals surface area (Å²) in [7, 11) is 0. The van der Waals surface area contributed by atoms with E-state index < -0.39 is 5.97 Å². The van der Waals surface area contributed by atoms with Gasteiger partial charge in [0.1, 0.15) is 11.5 Å². The lowest BCUT2D eigenvalue weighted by Crippen LogP contribution is -2.08. The molecule has 1 heterocycles. The van der Waals surface area contributed by atoms with E-state index in [2.05, 4.69) is 5.10 Å². The molecule has 0 radical (unpaired) electrons. The molecule has 4 rings (SSSR count). The first kappa shape index (κ1) is 19.5. The molecule has 1 N–H and O–H groups in total. The molecule has 4 aromatic rings. The van der Waals surface area contributed by atoms with E-state index in [4.69, 9.17) is 21.1 Å². The summed E-state index contributed by atoms with van der Waals surface area (Å²) >= 11 is 6.06. The molecule has 0 aliphatic rings. The van der Waals surface area contributed by atoms with Crippen LogP contribution in [0.3, 0.4) is 0 Å². The third kappa shape index (κ3) is 4.26. The highest BCUT2D eigenvalue weighted by Crippen LogP contribution is 2.28. The Hall–Kier alpha value is -3.83. The molecule has 3 aromatic carbocycles. The highest BCUT2D eigenvalue weighted by atomic mass is 35.5. The zero-order valence-electron chi connectivity index (χ0n) is 15.8. The van der Waals surface area contributed by atoms with Gasteiger partial charge in [0.2, 0.25) is 0 Å². The number of rotatable bonds is 6. The second-order valence-corrected chi connectivity index (χ2v) is 6.84. The fraction of sp³-hybridized carbons (Fsp3) is 0. The standard InChI is InChI=1S/C24H17ClN2O3/c25-22-15-17(11-13-21(22)24(28)29)23-14-12-20(30-23)16-26-27(18-7-3-1-4-8-18)19-9-5-2-6-10-19/h1-16H,(H,28,29)/b26-16-. The number of aromatic carboxylic acids is 1. The van der Waals surface area contributed by atoms with Crippen molar-refractivity contribution in [3.63, 3.8) is 0 Å². The van der Waals surface area contributed by atoms with Crippen LogP contribution in [-0.2, 0) is 0 Å². The fourth-order valence-corrected chi connectivity index (χ4v) is 3.22. The van der Waals surface area contributed by atoms with E-state index in [0.29, 0.717) is 17.1 Å². The number of carboxylic acid groups (broad SMARTS) is 1. The molecule has 0 spiro atoms. The normalized spacial score (nSPS) is 11.0. The first-order valence-corrected chi connectivity index (χ1v) is 9.57. The molecule has 0 aliphatic heterocycles. The van der Waals surface area contributed by atoms with Gasteiger partial charge in [0.15, 0.2) is 0 Å². The van der Waals surface area contributed by atoms with Crippen molar-refractivity contribution >= 4 is 35.2 Å².